The summed E-state index contributed by atoms with van der Waals surface area (Å²) in [6.07, 6.45) is 0. The number of nitrogens with one attached hydrogen (secondary N) is 1. The second kappa shape index (κ2) is 9.08. The fourth-order valence-electron chi connectivity index (χ4n) is 3.81. The number of carbonyl (C=O) groups excluding carboxylic acids is 1. The molecule has 2 aromatic carbocycles. The lowest BCUT2D eigenvalue weighted by Gasteiger charge is -2.35. The average Bonchev–Trinajstić information content (AvgIpc) is 3.14. The topological polar surface area (TPSA) is 61.6 Å². The van der Waals surface area contributed by atoms with Crippen molar-refractivity contribution >= 4 is 23.2 Å². The van der Waals surface area contributed by atoms with Gasteiger partial charge >= 0.3 is 0 Å². The van der Waals surface area contributed by atoms with Crippen LogP contribution in [0.15, 0.2) is 47.0 Å². The zero-order valence-corrected chi connectivity index (χ0v) is 18.2. The summed E-state index contributed by atoms with van der Waals surface area (Å²) in [7, 11) is 2.12. The molecule has 0 saturated carbocycles. The maximum absolute atomic E-state index is 14.4. The standard InChI is InChI=1S/C23H24ClFN4O2/c1-15-20(22(27-31-15)21-17(24)7-5-8-18(21)25)23(30)26-14-16-6-3-4-9-19(16)29-12-10-28(2)11-13-29/h3-9H,10-14H2,1-2H3,(H,26,30). The van der Waals surface area contributed by atoms with Crippen molar-refractivity contribution in [1.82, 2.24) is 15.4 Å². The molecule has 8 heteroatoms. The molecule has 0 aliphatic carbocycles. The van der Waals surface area contributed by atoms with Crippen LogP contribution in [0, 0.1) is 12.7 Å². The average molecular weight is 443 g/mol. The monoisotopic (exact) mass is 442 g/mol. The van der Waals surface area contributed by atoms with Gasteiger partial charge in [-0.2, -0.15) is 0 Å². The fraction of sp³-hybridized carbons (Fsp3) is 0.304. The number of piperazine rings is 1. The molecule has 1 aliphatic heterocycles. The molecule has 4 rings (SSSR count). The molecule has 1 N–H and O–H groups in total. The number of amides is 1. The molecule has 1 fully saturated rings. The molecule has 1 aliphatic rings. The van der Waals surface area contributed by atoms with Crippen molar-refractivity contribution < 1.29 is 13.7 Å². The predicted molar refractivity (Wildman–Crippen MR) is 119 cm³/mol. The number of para-hydroxylation sites is 1. The number of likely N-dealkylation sites (N-methyl/N-ethyl adjacent to an activating group) is 1. The Hall–Kier alpha value is -2.90. The Bertz CT molecular complexity index is 1070. The number of halogens is 2. The normalized spacial score (nSPS) is 14.6. The number of hydrogen-bond acceptors (Lipinski definition) is 5. The van der Waals surface area contributed by atoms with Crippen molar-refractivity contribution in [2.24, 2.45) is 0 Å². The minimum Gasteiger partial charge on any atom is -0.369 e. The first-order chi connectivity index (χ1) is 15.0. The van der Waals surface area contributed by atoms with Crippen molar-refractivity contribution in [2.75, 3.05) is 38.1 Å². The third-order valence-electron chi connectivity index (χ3n) is 5.56. The summed E-state index contributed by atoms with van der Waals surface area (Å²) >= 11 is 6.18. The SMILES string of the molecule is Cc1onc(-c2c(F)cccc2Cl)c1C(=O)NCc1ccccc1N1CCN(C)CC1. The highest BCUT2D eigenvalue weighted by Crippen LogP contribution is 2.33. The third kappa shape index (κ3) is 4.43. The van der Waals surface area contributed by atoms with Gasteiger partial charge in [-0.25, -0.2) is 4.39 Å². The zero-order valence-electron chi connectivity index (χ0n) is 17.5. The van der Waals surface area contributed by atoms with Crippen LogP contribution < -0.4 is 10.2 Å². The Kier molecular flexibility index (Phi) is 6.25. The highest BCUT2D eigenvalue weighted by molar-refractivity contribution is 6.33. The predicted octanol–water partition coefficient (Wildman–Crippen LogP) is 4.12. The van der Waals surface area contributed by atoms with E-state index in [2.05, 4.69) is 33.4 Å². The summed E-state index contributed by atoms with van der Waals surface area (Å²) in [5.41, 5.74) is 2.47. The Morgan fingerprint density at radius 3 is 2.65 bits per heavy atom. The number of anilines is 1. The van der Waals surface area contributed by atoms with E-state index in [0.29, 0.717) is 12.3 Å². The van der Waals surface area contributed by atoms with Gasteiger partial charge in [0, 0.05) is 38.4 Å². The molecule has 1 amide bonds. The summed E-state index contributed by atoms with van der Waals surface area (Å²) in [5, 5.41) is 7.02. The van der Waals surface area contributed by atoms with Crippen molar-refractivity contribution in [3.63, 3.8) is 0 Å². The van der Waals surface area contributed by atoms with Gasteiger partial charge in [0.15, 0.2) is 0 Å². The Labute approximate surface area is 185 Å². The van der Waals surface area contributed by atoms with E-state index in [0.717, 1.165) is 37.4 Å². The molecule has 0 radical (unpaired) electrons. The van der Waals surface area contributed by atoms with Crippen LogP contribution in [0.25, 0.3) is 11.3 Å². The molecule has 31 heavy (non-hydrogen) atoms. The largest absolute Gasteiger partial charge is 0.369 e. The van der Waals surface area contributed by atoms with E-state index in [1.807, 2.05) is 18.2 Å². The number of nitrogens with zero attached hydrogens (tertiary/aromatic N) is 3. The van der Waals surface area contributed by atoms with E-state index in [1.54, 1.807) is 13.0 Å². The van der Waals surface area contributed by atoms with E-state index in [4.69, 9.17) is 16.1 Å². The van der Waals surface area contributed by atoms with Gasteiger partial charge in [-0.15, -0.1) is 0 Å². The summed E-state index contributed by atoms with van der Waals surface area (Å²) < 4.78 is 19.6. The molecule has 162 valence electrons. The van der Waals surface area contributed by atoms with Crippen molar-refractivity contribution in [3.05, 3.63) is 70.2 Å². The fourth-order valence-corrected chi connectivity index (χ4v) is 4.07. The third-order valence-corrected chi connectivity index (χ3v) is 5.88. The van der Waals surface area contributed by atoms with Gasteiger partial charge in [-0.05, 0) is 37.7 Å². The highest BCUT2D eigenvalue weighted by atomic mass is 35.5. The van der Waals surface area contributed by atoms with Gasteiger partial charge in [0.2, 0.25) is 0 Å². The number of rotatable bonds is 5. The van der Waals surface area contributed by atoms with Gasteiger partial charge in [0.1, 0.15) is 22.8 Å². The molecular weight excluding hydrogens is 419 g/mol. The van der Waals surface area contributed by atoms with Gasteiger partial charge < -0.3 is 19.6 Å². The Morgan fingerprint density at radius 1 is 1.16 bits per heavy atom. The summed E-state index contributed by atoms with van der Waals surface area (Å²) in [4.78, 5) is 17.7. The lowest BCUT2D eigenvalue weighted by Crippen LogP contribution is -2.45. The summed E-state index contributed by atoms with van der Waals surface area (Å²) in [6.45, 7) is 5.81. The molecular formula is C23H24ClFN4O2. The lowest BCUT2D eigenvalue weighted by atomic mass is 10.0. The second-order valence-corrected chi connectivity index (χ2v) is 8.07. The Morgan fingerprint density at radius 2 is 1.90 bits per heavy atom. The molecule has 1 aromatic heterocycles. The maximum atomic E-state index is 14.4. The minimum absolute atomic E-state index is 0.0593. The number of aromatic nitrogens is 1. The van der Waals surface area contributed by atoms with Crippen molar-refractivity contribution in [3.8, 4) is 11.3 Å². The Balaban J connectivity index is 1.56. The molecule has 0 bridgehead atoms. The van der Waals surface area contributed by atoms with Crippen LogP contribution >= 0.6 is 11.6 Å². The van der Waals surface area contributed by atoms with Crippen LogP contribution in [-0.2, 0) is 6.54 Å². The van der Waals surface area contributed by atoms with Crippen LogP contribution in [0.3, 0.4) is 0 Å². The summed E-state index contributed by atoms with van der Waals surface area (Å²) in [5.74, 6) is -0.643. The number of aryl methyl sites for hydroxylation is 1. The molecule has 0 spiro atoms. The molecule has 6 nitrogen and oxygen atoms in total. The van der Waals surface area contributed by atoms with Gasteiger partial charge in [0.05, 0.1) is 10.6 Å². The van der Waals surface area contributed by atoms with Crippen LogP contribution in [0.5, 0.6) is 0 Å². The first-order valence-corrected chi connectivity index (χ1v) is 10.5. The minimum atomic E-state index is -0.560. The molecule has 0 unspecified atom stereocenters. The van der Waals surface area contributed by atoms with Crippen molar-refractivity contribution in [2.45, 2.75) is 13.5 Å². The van der Waals surface area contributed by atoms with Gasteiger partial charge in [-0.3, -0.25) is 4.79 Å². The maximum Gasteiger partial charge on any atom is 0.257 e. The van der Waals surface area contributed by atoms with Crippen LogP contribution in [0.4, 0.5) is 10.1 Å². The first kappa shape index (κ1) is 21.3. The second-order valence-electron chi connectivity index (χ2n) is 7.66. The van der Waals surface area contributed by atoms with Gasteiger partial charge in [-0.1, -0.05) is 41.0 Å². The molecule has 2 heterocycles. The molecule has 1 saturated heterocycles. The van der Waals surface area contributed by atoms with Crippen LogP contribution in [0.2, 0.25) is 5.02 Å². The van der Waals surface area contributed by atoms with Crippen molar-refractivity contribution in [1.29, 1.82) is 0 Å². The number of carbonyl (C=O) groups is 1. The van der Waals surface area contributed by atoms with Gasteiger partial charge in [0.25, 0.3) is 5.91 Å². The first-order valence-electron chi connectivity index (χ1n) is 10.2. The highest BCUT2D eigenvalue weighted by Gasteiger charge is 2.25. The lowest BCUT2D eigenvalue weighted by molar-refractivity contribution is 0.0950. The summed E-state index contributed by atoms with van der Waals surface area (Å²) in [6, 6.07) is 12.4. The molecule has 3 aromatic rings. The van der Waals surface area contributed by atoms with E-state index < -0.39 is 5.82 Å². The number of benzene rings is 2. The van der Waals surface area contributed by atoms with E-state index >= 15 is 0 Å². The molecule has 0 atom stereocenters. The quantitative estimate of drug-likeness (QED) is 0.644. The van der Waals surface area contributed by atoms with E-state index in [-0.39, 0.29) is 27.8 Å². The zero-order chi connectivity index (χ0) is 22.0. The van der Waals surface area contributed by atoms with Crippen LogP contribution in [-0.4, -0.2) is 49.2 Å². The van der Waals surface area contributed by atoms with Crippen LogP contribution in [0.1, 0.15) is 21.7 Å². The van der Waals surface area contributed by atoms with E-state index in [1.165, 1.54) is 12.1 Å². The smallest absolute Gasteiger partial charge is 0.257 e. The number of hydrogen-bond donors (Lipinski definition) is 1. The van der Waals surface area contributed by atoms with E-state index in [9.17, 15) is 9.18 Å².